The topological polar surface area (TPSA) is 9.23 Å². The highest BCUT2D eigenvalue weighted by atomic mass is 16.5. The highest BCUT2D eigenvalue weighted by Crippen LogP contribution is 2.14. The zero-order valence-corrected chi connectivity index (χ0v) is 9.60. The number of methoxy groups -OCH3 is 1. The third-order valence-electron chi connectivity index (χ3n) is 2.39. The fourth-order valence-electron chi connectivity index (χ4n) is 1.56. The van der Waals surface area contributed by atoms with Crippen molar-refractivity contribution in [1.82, 2.24) is 0 Å². The van der Waals surface area contributed by atoms with Gasteiger partial charge in [-0.15, -0.1) is 0 Å². The Hall–Kier alpha value is -0.300. The molecule has 0 radical (unpaired) electrons. The minimum absolute atomic E-state index is 0.353. The van der Waals surface area contributed by atoms with Gasteiger partial charge in [0.05, 0.1) is 6.10 Å². The smallest absolute Gasteiger partial charge is 0.0778 e. The largest absolute Gasteiger partial charge is 0.377 e. The van der Waals surface area contributed by atoms with Crippen molar-refractivity contribution in [2.45, 2.75) is 59.0 Å². The predicted molar refractivity (Wildman–Crippen MR) is 59.0 cm³/mol. The number of hydrogen-bond donors (Lipinski definition) is 0. The average molecular weight is 184 g/mol. The van der Waals surface area contributed by atoms with Crippen molar-refractivity contribution in [3.8, 4) is 0 Å². The first-order valence-corrected chi connectivity index (χ1v) is 5.45. The van der Waals surface area contributed by atoms with Crippen LogP contribution in [0.5, 0.6) is 0 Å². The lowest BCUT2D eigenvalue weighted by Crippen LogP contribution is -2.11. The summed E-state index contributed by atoms with van der Waals surface area (Å²) < 4.78 is 5.44. The van der Waals surface area contributed by atoms with Gasteiger partial charge in [0.1, 0.15) is 0 Å². The molecule has 0 aliphatic rings. The Labute approximate surface area is 83.2 Å². The van der Waals surface area contributed by atoms with E-state index in [1.54, 1.807) is 0 Å². The molecule has 0 aromatic heterocycles. The third-order valence-corrected chi connectivity index (χ3v) is 2.39. The van der Waals surface area contributed by atoms with Gasteiger partial charge >= 0.3 is 0 Å². The molecular weight excluding hydrogens is 160 g/mol. The molecule has 78 valence electrons. The van der Waals surface area contributed by atoms with E-state index >= 15 is 0 Å². The van der Waals surface area contributed by atoms with Crippen LogP contribution in [0.4, 0.5) is 0 Å². The summed E-state index contributed by atoms with van der Waals surface area (Å²) in [7, 11) is 1.81. The van der Waals surface area contributed by atoms with E-state index < -0.39 is 0 Å². The van der Waals surface area contributed by atoms with Gasteiger partial charge in [0, 0.05) is 7.11 Å². The van der Waals surface area contributed by atoms with Crippen LogP contribution in [0.2, 0.25) is 0 Å². The van der Waals surface area contributed by atoms with Crippen LogP contribution in [-0.2, 0) is 4.74 Å². The van der Waals surface area contributed by atoms with Gasteiger partial charge in [0.2, 0.25) is 0 Å². The molecule has 0 fully saturated rings. The number of rotatable bonds is 7. The lowest BCUT2D eigenvalue weighted by Gasteiger charge is -2.15. The molecule has 0 aliphatic heterocycles. The summed E-state index contributed by atoms with van der Waals surface area (Å²) in [6, 6.07) is 0. The quantitative estimate of drug-likeness (QED) is 0.430. The monoisotopic (exact) mass is 184 g/mol. The minimum atomic E-state index is 0.353. The maximum atomic E-state index is 5.44. The van der Waals surface area contributed by atoms with Crippen molar-refractivity contribution < 1.29 is 4.74 Å². The van der Waals surface area contributed by atoms with Gasteiger partial charge in [-0.25, -0.2) is 0 Å². The number of ether oxygens (including phenoxy) is 1. The van der Waals surface area contributed by atoms with E-state index in [9.17, 15) is 0 Å². The van der Waals surface area contributed by atoms with Gasteiger partial charge in [-0.3, -0.25) is 0 Å². The van der Waals surface area contributed by atoms with Gasteiger partial charge in [0.25, 0.3) is 0 Å². The Morgan fingerprint density at radius 2 is 2.00 bits per heavy atom. The summed E-state index contributed by atoms with van der Waals surface area (Å²) in [6.45, 7) is 6.57. The van der Waals surface area contributed by atoms with Crippen molar-refractivity contribution in [3.05, 3.63) is 11.6 Å². The van der Waals surface area contributed by atoms with Crippen molar-refractivity contribution in [2.24, 2.45) is 0 Å². The molecule has 0 amide bonds. The summed E-state index contributed by atoms with van der Waals surface area (Å²) in [5, 5.41) is 0. The second-order valence-corrected chi connectivity index (χ2v) is 3.58. The van der Waals surface area contributed by atoms with E-state index in [2.05, 4.69) is 26.8 Å². The molecule has 1 nitrogen and oxygen atoms in total. The number of hydrogen-bond acceptors (Lipinski definition) is 1. The number of unbranched alkanes of at least 4 members (excludes halogenated alkanes) is 2. The summed E-state index contributed by atoms with van der Waals surface area (Å²) in [5.74, 6) is 0. The highest BCUT2D eigenvalue weighted by molar-refractivity contribution is 5.04. The zero-order chi connectivity index (χ0) is 10.1. The summed E-state index contributed by atoms with van der Waals surface area (Å²) >= 11 is 0. The van der Waals surface area contributed by atoms with E-state index in [-0.39, 0.29) is 0 Å². The van der Waals surface area contributed by atoms with Crippen LogP contribution in [0.15, 0.2) is 11.6 Å². The van der Waals surface area contributed by atoms with Crippen LogP contribution >= 0.6 is 0 Å². The van der Waals surface area contributed by atoms with E-state index in [1.807, 2.05) is 7.11 Å². The van der Waals surface area contributed by atoms with Gasteiger partial charge in [-0.05, 0) is 25.3 Å². The molecule has 0 bridgehead atoms. The molecule has 0 saturated heterocycles. The lowest BCUT2D eigenvalue weighted by molar-refractivity contribution is 0.121. The normalized spacial score (nSPS) is 14.6. The molecule has 0 heterocycles. The molecule has 0 rings (SSSR count). The standard InChI is InChI=1S/C12H24O/c1-5-7-8-10-12(13-4)11(3)9-6-2/h9,12H,5-8,10H2,1-4H3/b11-9+. The Balaban J connectivity index is 3.80. The van der Waals surface area contributed by atoms with Gasteiger partial charge in [-0.2, -0.15) is 0 Å². The maximum absolute atomic E-state index is 5.44. The van der Waals surface area contributed by atoms with Gasteiger partial charge in [-0.1, -0.05) is 39.2 Å². The molecule has 13 heavy (non-hydrogen) atoms. The van der Waals surface area contributed by atoms with Crippen molar-refractivity contribution in [1.29, 1.82) is 0 Å². The fraction of sp³-hybridized carbons (Fsp3) is 0.833. The van der Waals surface area contributed by atoms with Crippen LogP contribution in [0, 0.1) is 0 Å². The van der Waals surface area contributed by atoms with Crippen LogP contribution in [-0.4, -0.2) is 13.2 Å². The molecule has 1 atom stereocenters. The van der Waals surface area contributed by atoms with E-state index in [1.165, 1.54) is 31.3 Å². The summed E-state index contributed by atoms with van der Waals surface area (Å²) in [6.07, 6.45) is 8.79. The number of allylic oxidation sites excluding steroid dienone is 1. The summed E-state index contributed by atoms with van der Waals surface area (Å²) in [4.78, 5) is 0. The van der Waals surface area contributed by atoms with Crippen molar-refractivity contribution in [3.63, 3.8) is 0 Å². The maximum Gasteiger partial charge on any atom is 0.0778 e. The molecule has 1 heteroatoms. The molecule has 1 unspecified atom stereocenters. The Bertz CT molecular complexity index is 138. The first-order chi connectivity index (χ1) is 6.26. The predicted octanol–water partition coefficient (Wildman–Crippen LogP) is 3.94. The average Bonchev–Trinajstić information content (AvgIpc) is 2.13. The third kappa shape index (κ3) is 5.87. The first kappa shape index (κ1) is 12.7. The molecule has 0 aliphatic carbocycles. The Morgan fingerprint density at radius 3 is 2.46 bits per heavy atom. The van der Waals surface area contributed by atoms with Gasteiger partial charge < -0.3 is 4.74 Å². The van der Waals surface area contributed by atoms with E-state index in [0.717, 1.165) is 6.42 Å². The lowest BCUT2D eigenvalue weighted by atomic mass is 10.0. The Morgan fingerprint density at radius 1 is 1.31 bits per heavy atom. The molecule has 0 spiro atoms. The Kier molecular flexibility index (Phi) is 8.11. The van der Waals surface area contributed by atoms with Crippen LogP contribution in [0.25, 0.3) is 0 Å². The van der Waals surface area contributed by atoms with Crippen LogP contribution in [0.3, 0.4) is 0 Å². The molecule has 0 N–H and O–H groups in total. The second-order valence-electron chi connectivity index (χ2n) is 3.58. The van der Waals surface area contributed by atoms with Crippen molar-refractivity contribution >= 4 is 0 Å². The van der Waals surface area contributed by atoms with Crippen LogP contribution < -0.4 is 0 Å². The molecule has 0 aromatic rings. The first-order valence-electron chi connectivity index (χ1n) is 5.45. The second kappa shape index (κ2) is 8.31. The van der Waals surface area contributed by atoms with Crippen molar-refractivity contribution in [2.75, 3.05) is 7.11 Å². The van der Waals surface area contributed by atoms with Gasteiger partial charge in [0.15, 0.2) is 0 Å². The van der Waals surface area contributed by atoms with E-state index in [4.69, 9.17) is 4.74 Å². The van der Waals surface area contributed by atoms with E-state index in [0.29, 0.717) is 6.10 Å². The van der Waals surface area contributed by atoms with Crippen LogP contribution in [0.1, 0.15) is 52.9 Å². The molecule has 0 saturated carbocycles. The zero-order valence-electron chi connectivity index (χ0n) is 9.60. The molecular formula is C12H24O. The SMILES string of the molecule is CC/C=C(\C)C(CCCCC)OC. The molecule has 0 aromatic carbocycles. The highest BCUT2D eigenvalue weighted by Gasteiger charge is 2.07. The minimum Gasteiger partial charge on any atom is -0.377 e. The fourth-order valence-corrected chi connectivity index (χ4v) is 1.56. The summed E-state index contributed by atoms with van der Waals surface area (Å²) in [5.41, 5.74) is 1.39.